The zero-order valence-electron chi connectivity index (χ0n) is 37.4. The van der Waals surface area contributed by atoms with Gasteiger partial charge in [-0.3, -0.25) is 0 Å². The second-order valence-corrected chi connectivity index (χ2v) is 17.8. The highest BCUT2D eigenvalue weighted by atomic mass is 16.3. The monoisotopic (exact) mass is 810 g/mol. The van der Waals surface area contributed by atoms with Crippen LogP contribution in [0.2, 0.25) is 0 Å². The van der Waals surface area contributed by atoms with Crippen molar-refractivity contribution in [3.8, 4) is 44.8 Å². The third kappa shape index (κ3) is 5.45. The molecule has 0 amide bonds. The van der Waals surface area contributed by atoms with Crippen LogP contribution in [0.15, 0.2) is 168 Å². The molecule has 0 bridgehead atoms. The molecule has 3 aromatic heterocycles. The lowest BCUT2D eigenvalue weighted by Crippen LogP contribution is -2.48. The average molecular weight is 810 g/mol. The lowest BCUT2D eigenvalue weighted by atomic mass is 9.64. The Bertz CT molecular complexity index is 3910. The Labute approximate surface area is 379 Å². The first-order valence-corrected chi connectivity index (χ1v) is 22.4. The summed E-state index contributed by atoms with van der Waals surface area (Å²) in [5.41, 5.74) is 25.6. The van der Waals surface area contributed by atoms with E-state index in [2.05, 4.69) is 228 Å². The molecule has 0 unspecified atom stereocenters. The quantitative estimate of drug-likeness (QED) is 0.246. The molecule has 12 rings (SSSR count). The van der Waals surface area contributed by atoms with E-state index in [1.165, 1.54) is 115 Å². The van der Waals surface area contributed by atoms with Gasteiger partial charge in [-0.05, 0) is 69.6 Å². The van der Waals surface area contributed by atoms with Gasteiger partial charge >= 0.3 is 0 Å². The Hall–Kier alpha value is -7.17. The van der Waals surface area contributed by atoms with Crippen molar-refractivity contribution in [1.82, 2.24) is 9.13 Å². The van der Waals surface area contributed by atoms with Gasteiger partial charge in [0.1, 0.15) is 60.5 Å². The molecule has 0 saturated heterocycles. The minimum absolute atomic E-state index is 0.911. The lowest BCUT2D eigenvalue weighted by Gasteiger charge is -2.19. The van der Waals surface area contributed by atoms with Crippen molar-refractivity contribution in [1.29, 1.82) is 0 Å². The summed E-state index contributed by atoms with van der Waals surface area (Å²) in [5, 5.41) is 7.41. The maximum absolute atomic E-state index is 6.77. The van der Waals surface area contributed by atoms with Gasteiger partial charge in [-0.1, -0.05) is 160 Å². The van der Waals surface area contributed by atoms with Crippen LogP contribution in [0, 0.1) is 0 Å². The predicted octanol–water partition coefficient (Wildman–Crippen LogP) is 2.59. The maximum Gasteiger partial charge on any atom is 0.159 e. The topological polar surface area (TPSA) is 23.0 Å². The van der Waals surface area contributed by atoms with Crippen LogP contribution < -0.4 is 38.2 Å². The zero-order chi connectivity index (χ0) is 43.5. The molecule has 0 N–H and O–H groups in total. The van der Waals surface area contributed by atoms with E-state index in [0.717, 1.165) is 33.3 Å². The highest BCUT2D eigenvalue weighted by molar-refractivity contribution is 6.69. The summed E-state index contributed by atoms with van der Waals surface area (Å²) in [7, 11) is 16.2. The SMILES string of the molecule is Bc1c(B)c(B)c2c(c1B)c1c(B)c(-c3ccc4c(c3)c3cccc(-c5ccccc5)c3n4-c3ccc(-c4ccccc4)cc3)c(B)c(B)c1n2-c1cccc2c1oc1ccccc12. The maximum atomic E-state index is 6.77. The summed E-state index contributed by atoms with van der Waals surface area (Å²) in [6, 6.07) is 59.5. The fourth-order valence-corrected chi connectivity index (χ4v) is 11.1. The highest BCUT2D eigenvalue weighted by Crippen LogP contribution is 2.41. The van der Waals surface area contributed by atoms with Gasteiger partial charge in [0.05, 0.1) is 16.7 Å². The molecule has 0 aliphatic rings. The van der Waals surface area contributed by atoms with Crippen molar-refractivity contribution in [2.75, 3.05) is 0 Å². The van der Waals surface area contributed by atoms with E-state index in [4.69, 9.17) is 4.42 Å². The van der Waals surface area contributed by atoms with Crippen molar-refractivity contribution >= 4 is 159 Å². The van der Waals surface area contributed by atoms with Crippen LogP contribution in [0.1, 0.15) is 0 Å². The number of hydrogen-bond acceptors (Lipinski definition) is 1. The summed E-state index contributed by atoms with van der Waals surface area (Å²) in [4.78, 5) is 0. The number of furan rings is 1. The minimum atomic E-state index is 0.911. The Morgan fingerprint density at radius 2 is 0.938 bits per heavy atom. The third-order valence-corrected chi connectivity index (χ3v) is 14.6. The van der Waals surface area contributed by atoms with Crippen LogP contribution in [-0.4, -0.2) is 64.1 Å². The number of fused-ring (bicyclic) bond motifs is 9. The van der Waals surface area contributed by atoms with Crippen LogP contribution in [0.25, 0.3) is 110 Å². The number of hydrogen-bond donors (Lipinski definition) is 0. The second-order valence-electron chi connectivity index (χ2n) is 17.8. The van der Waals surface area contributed by atoms with Crippen LogP contribution >= 0.6 is 0 Å². The van der Waals surface area contributed by atoms with Crippen molar-refractivity contribution < 1.29 is 4.42 Å². The second kappa shape index (κ2) is 14.4. The first-order chi connectivity index (χ1) is 31.2. The molecule has 3 heterocycles. The molecule has 0 atom stereocenters. The number of rotatable bonds is 5. The average Bonchev–Trinajstić information content (AvgIpc) is 4.01. The largest absolute Gasteiger partial charge is 0.454 e. The Morgan fingerprint density at radius 1 is 0.359 bits per heavy atom. The molecule has 12 aromatic rings. The van der Waals surface area contributed by atoms with Crippen LogP contribution in [0.3, 0.4) is 0 Å². The number of benzene rings is 9. The van der Waals surface area contributed by atoms with E-state index in [0.29, 0.717) is 0 Å². The van der Waals surface area contributed by atoms with Gasteiger partial charge in [0.25, 0.3) is 0 Å². The molecule has 0 saturated carbocycles. The summed E-state index contributed by atoms with van der Waals surface area (Å²) in [6.45, 7) is 0. The van der Waals surface area contributed by atoms with E-state index in [9.17, 15) is 0 Å². The molecular formula is C54H41B7N2O. The summed E-state index contributed by atoms with van der Waals surface area (Å²) in [5.74, 6) is 0. The zero-order valence-corrected chi connectivity index (χ0v) is 37.4. The molecule has 0 radical (unpaired) electrons. The van der Waals surface area contributed by atoms with Gasteiger partial charge in [0.2, 0.25) is 0 Å². The molecule has 64 heavy (non-hydrogen) atoms. The van der Waals surface area contributed by atoms with E-state index in [1.54, 1.807) is 0 Å². The highest BCUT2D eigenvalue weighted by Gasteiger charge is 2.27. The number of nitrogens with zero attached hydrogens (tertiary/aromatic N) is 2. The Kier molecular flexibility index (Phi) is 8.69. The van der Waals surface area contributed by atoms with E-state index >= 15 is 0 Å². The first-order valence-electron chi connectivity index (χ1n) is 22.4. The predicted molar refractivity (Wildman–Crippen MR) is 296 cm³/mol. The third-order valence-electron chi connectivity index (χ3n) is 14.6. The standard InChI is InChI=1S/C54H41B7N2O/c55-44-41(45(56)49(60)52-42(44)43-46(57)47(58)48(59)50(61)53(43)63(52)39-19-10-18-36-34-15-7-8-20-40(34)64-54(36)39)31-23-26-38-37(27-31)35-17-9-16-33(30-13-5-2-6-14-30)51(35)62(38)32-24-21-29(22-25-32)28-11-3-1-4-12-28/h1-27H,55-61H2. The normalized spacial score (nSPS) is 11.9. The molecule has 0 aliphatic heterocycles. The minimum Gasteiger partial charge on any atom is -0.454 e. The fraction of sp³-hybridized carbons (Fsp3) is 0. The number of para-hydroxylation sites is 3. The smallest absolute Gasteiger partial charge is 0.159 e. The van der Waals surface area contributed by atoms with Gasteiger partial charge in [-0.15, -0.1) is 5.46 Å². The van der Waals surface area contributed by atoms with Crippen molar-refractivity contribution in [2.24, 2.45) is 0 Å². The van der Waals surface area contributed by atoms with Crippen molar-refractivity contribution in [2.45, 2.75) is 0 Å². The molecule has 294 valence electrons. The van der Waals surface area contributed by atoms with Gasteiger partial charge in [0, 0.05) is 49.2 Å². The van der Waals surface area contributed by atoms with Crippen LogP contribution in [-0.2, 0) is 0 Å². The van der Waals surface area contributed by atoms with Crippen molar-refractivity contribution in [3.63, 3.8) is 0 Å². The van der Waals surface area contributed by atoms with Gasteiger partial charge < -0.3 is 13.6 Å². The molecule has 0 fully saturated rings. The van der Waals surface area contributed by atoms with Gasteiger partial charge in [0.15, 0.2) is 5.58 Å². The summed E-state index contributed by atoms with van der Waals surface area (Å²) >= 11 is 0. The van der Waals surface area contributed by atoms with E-state index in [1.807, 2.05) is 0 Å². The Morgan fingerprint density at radius 3 is 1.69 bits per heavy atom. The van der Waals surface area contributed by atoms with Crippen molar-refractivity contribution in [3.05, 3.63) is 164 Å². The molecule has 10 heteroatoms. The molecule has 9 aromatic carbocycles. The molecule has 0 aliphatic carbocycles. The fourth-order valence-electron chi connectivity index (χ4n) is 11.1. The summed E-state index contributed by atoms with van der Waals surface area (Å²) < 4.78 is 11.8. The Balaban J connectivity index is 1.14. The van der Waals surface area contributed by atoms with E-state index in [-0.39, 0.29) is 0 Å². The first kappa shape index (κ1) is 38.5. The van der Waals surface area contributed by atoms with Crippen LogP contribution in [0.4, 0.5) is 0 Å². The molecular weight excluding hydrogens is 768 g/mol. The van der Waals surface area contributed by atoms with Gasteiger partial charge in [-0.25, -0.2) is 0 Å². The lowest BCUT2D eigenvalue weighted by molar-refractivity contribution is 0.666. The summed E-state index contributed by atoms with van der Waals surface area (Å²) in [6.07, 6.45) is 0. The van der Waals surface area contributed by atoms with Gasteiger partial charge in [-0.2, -0.15) is 0 Å². The molecule has 3 nitrogen and oxygen atoms in total. The molecule has 0 spiro atoms. The van der Waals surface area contributed by atoms with Crippen LogP contribution in [0.5, 0.6) is 0 Å². The number of aromatic nitrogens is 2. The van der Waals surface area contributed by atoms with E-state index < -0.39 is 0 Å².